The number of carbonyl (C=O) groups is 1. The van der Waals surface area contributed by atoms with Crippen LogP contribution in [0.5, 0.6) is 0 Å². The number of hydrogen-bond acceptors (Lipinski definition) is 4. The third-order valence-electron chi connectivity index (χ3n) is 3.98. The fourth-order valence-electron chi connectivity index (χ4n) is 2.38. The number of benzene rings is 1. The summed E-state index contributed by atoms with van der Waals surface area (Å²) in [7, 11) is -3.65. The molecule has 1 aromatic rings. The van der Waals surface area contributed by atoms with Gasteiger partial charge in [-0.15, -0.1) is 0 Å². The van der Waals surface area contributed by atoms with Crippen molar-refractivity contribution < 1.29 is 13.2 Å². The molecule has 1 fully saturated rings. The first-order valence-electron chi connectivity index (χ1n) is 6.34. The second-order valence-electron chi connectivity index (χ2n) is 5.48. The molecule has 0 spiro atoms. The molecule has 110 valence electrons. The van der Waals surface area contributed by atoms with Crippen molar-refractivity contribution in [2.24, 2.45) is 11.1 Å². The van der Waals surface area contributed by atoms with E-state index in [1.165, 1.54) is 10.4 Å². The minimum absolute atomic E-state index is 0.110. The van der Waals surface area contributed by atoms with Gasteiger partial charge in [-0.2, -0.15) is 4.31 Å². The average Bonchev–Trinajstić information content (AvgIpc) is 2.77. The summed E-state index contributed by atoms with van der Waals surface area (Å²) >= 11 is 0. The number of nitrogens with zero attached hydrogens (tertiary/aromatic N) is 1. The number of amides is 1. The molecule has 1 aliphatic heterocycles. The maximum atomic E-state index is 12.6. The predicted molar refractivity (Wildman–Crippen MR) is 76.3 cm³/mol. The van der Waals surface area contributed by atoms with Gasteiger partial charge in [-0.3, -0.25) is 4.79 Å². The van der Waals surface area contributed by atoms with Gasteiger partial charge in [0, 0.05) is 18.8 Å². The van der Waals surface area contributed by atoms with Gasteiger partial charge in [-0.05, 0) is 38.0 Å². The van der Waals surface area contributed by atoms with Crippen molar-refractivity contribution in [3.63, 3.8) is 0 Å². The first kappa shape index (κ1) is 14.8. The summed E-state index contributed by atoms with van der Waals surface area (Å²) < 4.78 is 26.6. The van der Waals surface area contributed by atoms with E-state index in [9.17, 15) is 13.2 Å². The number of nitrogen functional groups attached to an aromatic ring is 1. The van der Waals surface area contributed by atoms with Crippen LogP contribution in [0.3, 0.4) is 0 Å². The van der Waals surface area contributed by atoms with Crippen molar-refractivity contribution in [1.82, 2.24) is 4.31 Å². The molecule has 4 N–H and O–H groups in total. The SMILES string of the molecule is Cc1c(N)cccc1S(=O)(=O)N1CCC(C)(C(N)=O)C1. The highest BCUT2D eigenvalue weighted by Crippen LogP contribution is 2.34. The number of hydrogen-bond donors (Lipinski definition) is 2. The summed E-state index contributed by atoms with van der Waals surface area (Å²) in [6.45, 7) is 3.76. The lowest BCUT2D eigenvalue weighted by atomic mass is 9.89. The molecular weight excluding hydrogens is 278 g/mol. The highest BCUT2D eigenvalue weighted by Gasteiger charge is 2.43. The van der Waals surface area contributed by atoms with Crippen LogP contribution >= 0.6 is 0 Å². The maximum absolute atomic E-state index is 12.6. The van der Waals surface area contributed by atoms with Crippen molar-refractivity contribution in [3.05, 3.63) is 23.8 Å². The van der Waals surface area contributed by atoms with Crippen molar-refractivity contribution in [2.45, 2.75) is 25.2 Å². The van der Waals surface area contributed by atoms with Gasteiger partial charge in [0.1, 0.15) is 0 Å². The van der Waals surface area contributed by atoms with Gasteiger partial charge in [0.2, 0.25) is 15.9 Å². The molecule has 0 aromatic heterocycles. The third kappa shape index (κ3) is 2.27. The second-order valence-corrected chi connectivity index (χ2v) is 7.39. The van der Waals surface area contributed by atoms with Gasteiger partial charge in [0.15, 0.2) is 0 Å². The highest BCUT2D eigenvalue weighted by atomic mass is 32.2. The number of nitrogens with two attached hydrogens (primary N) is 2. The van der Waals surface area contributed by atoms with E-state index >= 15 is 0 Å². The Labute approximate surface area is 118 Å². The summed E-state index contributed by atoms with van der Waals surface area (Å²) in [4.78, 5) is 11.6. The van der Waals surface area contributed by atoms with Crippen LogP contribution in [0.1, 0.15) is 18.9 Å². The molecule has 6 nitrogen and oxygen atoms in total. The summed E-state index contributed by atoms with van der Waals surface area (Å²) in [6.07, 6.45) is 0.433. The van der Waals surface area contributed by atoms with Crippen LogP contribution < -0.4 is 11.5 Å². The lowest BCUT2D eigenvalue weighted by molar-refractivity contribution is -0.126. The zero-order chi connectivity index (χ0) is 15.1. The first-order valence-corrected chi connectivity index (χ1v) is 7.78. The molecule has 0 aliphatic carbocycles. The summed E-state index contributed by atoms with van der Waals surface area (Å²) in [5.74, 6) is -0.473. The zero-order valence-corrected chi connectivity index (χ0v) is 12.4. The minimum Gasteiger partial charge on any atom is -0.398 e. The Balaban J connectivity index is 2.38. The van der Waals surface area contributed by atoms with Gasteiger partial charge in [0.05, 0.1) is 10.3 Å². The molecule has 1 unspecified atom stereocenters. The Morgan fingerprint density at radius 2 is 2.05 bits per heavy atom. The normalized spacial score (nSPS) is 23.9. The molecule has 1 saturated heterocycles. The van der Waals surface area contributed by atoms with E-state index in [2.05, 4.69) is 0 Å². The smallest absolute Gasteiger partial charge is 0.243 e. The monoisotopic (exact) mass is 297 g/mol. The minimum atomic E-state index is -3.65. The van der Waals surface area contributed by atoms with E-state index in [0.29, 0.717) is 17.7 Å². The van der Waals surface area contributed by atoms with E-state index in [1.54, 1.807) is 26.0 Å². The number of carbonyl (C=O) groups excluding carboxylic acids is 1. The molecule has 7 heteroatoms. The molecule has 0 saturated carbocycles. The fraction of sp³-hybridized carbons (Fsp3) is 0.462. The molecular formula is C13H19N3O3S. The molecule has 1 aliphatic rings. The molecule has 1 amide bonds. The third-order valence-corrected chi connectivity index (χ3v) is 5.97. The van der Waals surface area contributed by atoms with Crippen molar-refractivity contribution in [2.75, 3.05) is 18.8 Å². The van der Waals surface area contributed by atoms with Crippen LogP contribution in [-0.2, 0) is 14.8 Å². The topological polar surface area (TPSA) is 106 Å². The Kier molecular flexibility index (Phi) is 3.51. The Morgan fingerprint density at radius 1 is 1.40 bits per heavy atom. The summed E-state index contributed by atoms with van der Waals surface area (Å²) in [5.41, 5.74) is 11.3. The van der Waals surface area contributed by atoms with Crippen LogP contribution in [0.15, 0.2) is 23.1 Å². The van der Waals surface area contributed by atoms with E-state index in [-0.39, 0.29) is 18.0 Å². The largest absolute Gasteiger partial charge is 0.398 e. The predicted octanol–water partition coefficient (Wildman–Crippen LogP) is 0.463. The lowest BCUT2D eigenvalue weighted by Crippen LogP contribution is -2.38. The van der Waals surface area contributed by atoms with Crippen molar-refractivity contribution >= 4 is 21.6 Å². The van der Waals surface area contributed by atoms with Crippen LogP contribution in [-0.4, -0.2) is 31.7 Å². The fourth-order valence-corrected chi connectivity index (χ4v) is 4.20. The van der Waals surface area contributed by atoms with Gasteiger partial charge in [-0.1, -0.05) is 6.07 Å². The van der Waals surface area contributed by atoms with Gasteiger partial charge >= 0.3 is 0 Å². The summed E-state index contributed by atoms with van der Waals surface area (Å²) in [6, 6.07) is 4.80. The highest BCUT2D eigenvalue weighted by molar-refractivity contribution is 7.89. The number of sulfonamides is 1. The molecule has 1 heterocycles. The first-order chi connectivity index (χ1) is 9.18. The number of anilines is 1. The zero-order valence-electron chi connectivity index (χ0n) is 11.6. The molecule has 0 radical (unpaired) electrons. The molecule has 1 aromatic carbocycles. The lowest BCUT2D eigenvalue weighted by Gasteiger charge is -2.21. The van der Waals surface area contributed by atoms with Gasteiger partial charge < -0.3 is 11.5 Å². The quantitative estimate of drug-likeness (QED) is 0.790. The number of rotatable bonds is 3. The van der Waals surface area contributed by atoms with E-state index in [0.717, 1.165) is 0 Å². The van der Waals surface area contributed by atoms with Crippen LogP contribution in [0, 0.1) is 12.3 Å². The second kappa shape index (κ2) is 4.75. The number of primary amides is 1. The molecule has 2 rings (SSSR count). The Morgan fingerprint density at radius 3 is 2.60 bits per heavy atom. The van der Waals surface area contributed by atoms with Gasteiger partial charge in [0.25, 0.3) is 0 Å². The van der Waals surface area contributed by atoms with Gasteiger partial charge in [-0.25, -0.2) is 8.42 Å². The maximum Gasteiger partial charge on any atom is 0.243 e. The van der Waals surface area contributed by atoms with Crippen LogP contribution in [0.25, 0.3) is 0 Å². The Bertz CT molecular complexity index is 657. The van der Waals surface area contributed by atoms with Crippen LogP contribution in [0.2, 0.25) is 0 Å². The van der Waals surface area contributed by atoms with Crippen LogP contribution in [0.4, 0.5) is 5.69 Å². The van der Waals surface area contributed by atoms with Crippen molar-refractivity contribution in [3.8, 4) is 0 Å². The van der Waals surface area contributed by atoms with E-state index in [1.807, 2.05) is 0 Å². The van der Waals surface area contributed by atoms with Crippen molar-refractivity contribution in [1.29, 1.82) is 0 Å². The summed E-state index contributed by atoms with van der Waals surface area (Å²) in [5, 5.41) is 0. The van der Waals surface area contributed by atoms with E-state index in [4.69, 9.17) is 11.5 Å². The molecule has 20 heavy (non-hydrogen) atoms. The molecule has 0 bridgehead atoms. The standard InChI is InChI=1S/C13H19N3O3S/c1-9-10(14)4-3-5-11(9)20(18,19)16-7-6-13(2,8-16)12(15)17/h3-5H,6-8,14H2,1-2H3,(H2,15,17). The van der Waals surface area contributed by atoms with E-state index < -0.39 is 21.3 Å². The Hall–Kier alpha value is -1.60. The average molecular weight is 297 g/mol. The molecule has 1 atom stereocenters.